The molecular formula is C14H15N3O. The Morgan fingerprint density at radius 2 is 1.94 bits per heavy atom. The van der Waals surface area contributed by atoms with Gasteiger partial charge < -0.3 is 11.5 Å². The first-order chi connectivity index (χ1) is 8.59. The Bertz CT molecular complexity index is 567. The molecule has 0 radical (unpaired) electrons. The normalized spacial score (nSPS) is 12.1. The van der Waals surface area contributed by atoms with Crippen LogP contribution >= 0.6 is 0 Å². The molecule has 2 aromatic rings. The predicted octanol–water partition coefficient (Wildman–Crippen LogP) is 1.85. The van der Waals surface area contributed by atoms with Gasteiger partial charge in [0.15, 0.2) is 5.78 Å². The van der Waals surface area contributed by atoms with Gasteiger partial charge in [-0.15, -0.1) is 0 Å². The highest BCUT2D eigenvalue weighted by atomic mass is 16.1. The lowest BCUT2D eigenvalue weighted by molar-refractivity contribution is 0.0962. The summed E-state index contributed by atoms with van der Waals surface area (Å²) in [6, 6.07) is 10.2. The SMILES string of the molecule is Cc1cnc(N)c(C(=O)C(N)c2ccccc2)c1. The Morgan fingerprint density at radius 1 is 1.28 bits per heavy atom. The molecule has 0 fully saturated rings. The number of pyridine rings is 1. The van der Waals surface area contributed by atoms with E-state index in [1.807, 2.05) is 37.3 Å². The van der Waals surface area contributed by atoms with Gasteiger partial charge in [0.1, 0.15) is 5.82 Å². The number of hydrogen-bond acceptors (Lipinski definition) is 4. The Labute approximate surface area is 106 Å². The third-order valence-electron chi connectivity index (χ3n) is 2.76. The van der Waals surface area contributed by atoms with Crippen LogP contribution in [-0.4, -0.2) is 10.8 Å². The molecule has 1 heterocycles. The quantitative estimate of drug-likeness (QED) is 0.803. The smallest absolute Gasteiger partial charge is 0.187 e. The van der Waals surface area contributed by atoms with Gasteiger partial charge in [0.25, 0.3) is 0 Å². The molecule has 0 spiro atoms. The predicted molar refractivity (Wildman–Crippen MR) is 71.1 cm³/mol. The van der Waals surface area contributed by atoms with Crippen LogP contribution in [0.25, 0.3) is 0 Å². The standard InChI is InChI=1S/C14H15N3O/c1-9-7-11(14(16)17-8-9)13(18)12(15)10-5-3-2-4-6-10/h2-8,12H,15H2,1H3,(H2,16,17). The summed E-state index contributed by atoms with van der Waals surface area (Å²) in [6.45, 7) is 1.86. The fraction of sp³-hybridized carbons (Fsp3) is 0.143. The fourth-order valence-corrected chi connectivity index (χ4v) is 1.76. The largest absolute Gasteiger partial charge is 0.383 e. The molecule has 0 saturated carbocycles. The third-order valence-corrected chi connectivity index (χ3v) is 2.76. The highest BCUT2D eigenvalue weighted by Gasteiger charge is 2.20. The maximum atomic E-state index is 12.3. The van der Waals surface area contributed by atoms with E-state index >= 15 is 0 Å². The lowest BCUT2D eigenvalue weighted by Gasteiger charge is -2.12. The number of Topliss-reactive ketones (excluding diaryl/α,β-unsaturated/α-hetero) is 1. The number of benzene rings is 1. The second-order valence-corrected chi connectivity index (χ2v) is 4.20. The van der Waals surface area contributed by atoms with Crippen molar-refractivity contribution in [1.82, 2.24) is 4.98 Å². The first-order valence-electron chi connectivity index (χ1n) is 5.66. The first-order valence-corrected chi connectivity index (χ1v) is 5.66. The maximum absolute atomic E-state index is 12.3. The number of aromatic nitrogens is 1. The molecule has 1 aromatic carbocycles. The van der Waals surface area contributed by atoms with Crippen LogP contribution < -0.4 is 11.5 Å². The van der Waals surface area contributed by atoms with Gasteiger partial charge in [0, 0.05) is 6.20 Å². The van der Waals surface area contributed by atoms with Gasteiger partial charge in [0.2, 0.25) is 0 Å². The summed E-state index contributed by atoms with van der Waals surface area (Å²) in [5, 5.41) is 0. The van der Waals surface area contributed by atoms with E-state index in [4.69, 9.17) is 11.5 Å². The van der Waals surface area contributed by atoms with Crippen LogP contribution in [0.4, 0.5) is 5.82 Å². The van der Waals surface area contributed by atoms with Crippen LogP contribution in [0.5, 0.6) is 0 Å². The molecule has 0 aliphatic rings. The summed E-state index contributed by atoms with van der Waals surface area (Å²) in [4.78, 5) is 16.3. The molecule has 2 rings (SSSR count). The molecule has 1 atom stereocenters. The molecule has 0 saturated heterocycles. The lowest BCUT2D eigenvalue weighted by Crippen LogP contribution is -2.22. The number of nitrogen functional groups attached to an aromatic ring is 1. The van der Waals surface area contributed by atoms with E-state index in [9.17, 15) is 4.79 Å². The minimum atomic E-state index is -0.711. The van der Waals surface area contributed by atoms with Gasteiger partial charge in [0.05, 0.1) is 11.6 Å². The molecule has 92 valence electrons. The van der Waals surface area contributed by atoms with Crippen molar-refractivity contribution in [3.05, 3.63) is 59.3 Å². The van der Waals surface area contributed by atoms with Crippen molar-refractivity contribution in [2.24, 2.45) is 5.73 Å². The summed E-state index contributed by atoms with van der Waals surface area (Å²) in [7, 11) is 0. The molecule has 0 aliphatic carbocycles. The zero-order chi connectivity index (χ0) is 13.1. The number of ketones is 1. The summed E-state index contributed by atoms with van der Waals surface area (Å²) >= 11 is 0. The topological polar surface area (TPSA) is 82.0 Å². The second-order valence-electron chi connectivity index (χ2n) is 4.20. The zero-order valence-corrected chi connectivity index (χ0v) is 10.1. The molecule has 4 heteroatoms. The number of carbonyl (C=O) groups excluding carboxylic acids is 1. The van der Waals surface area contributed by atoms with E-state index in [0.717, 1.165) is 11.1 Å². The second kappa shape index (κ2) is 4.98. The average molecular weight is 241 g/mol. The highest BCUT2D eigenvalue weighted by Crippen LogP contribution is 2.19. The number of nitrogens with two attached hydrogens (primary N) is 2. The van der Waals surface area contributed by atoms with Crippen molar-refractivity contribution in [2.75, 3.05) is 5.73 Å². The van der Waals surface area contributed by atoms with E-state index in [0.29, 0.717) is 5.56 Å². The van der Waals surface area contributed by atoms with Gasteiger partial charge in [-0.05, 0) is 24.1 Å². The molecule has 0 bridgehead atoms. The van der Waals surface area contributed by atoms with Crippen LogP contribution in [0, 0.1) is 6.92 Å². The molecular weight excluding hydrogens is 226 g/mol. The van der Waals surface area contributed by atoms with Gasteiger partial charge in [-0.2, -0.15) is 0 Å². The monoisotopic (exact) mass is 241 g/mol. The molecule has 0 aliphatic heterocycles. The number of rotatable bonds is 3. The highest BCUT2D eigenvalue weighted by molar-refractivity contribution is 6.04. The summed E-state index contributed by atoms with van der Waals surface area (Å²) < 4.78 is 0. The van der Waals surface area contributed by atoms with Crippen molar-refractivity contribution in [2.45, 2.75) is 13.0 Å². The number of anilines is 1. The summed E-state index contributed by atoms with van der Waals surface area (Å²) in [6.07, 6.45) is 1.63. The minimum Gasteiger partial charge on any atom is -0.383 e. The van der Waals surface area contributed by atoms with Gasteiger partial charge in [-0.25, -0.2) is 4.98 Å². The molecule has 18 heavy (non-hydrogen) atoms. The van der Waals surface area contributed by atoms with E-state index in [2.05, 4.69) is 4.98 Å². The van der Waals surface area contributed by atoms with E-state index < -0.39 is 6.04 Å². The van der Waals surface area contributed by atoms with Crippen LogP contribution in [0.2, 0.25) is 0 Å². The van der Waals surface area contributed by atoms with E-state index in [1.165, 1.54) is 0 Å². The van der Waals surface area contributed by atoms with Crippen molar-refractivity contribution >= 4 is 11.6 Å². The van der Waals surface area contributed by atoms with Crippen molar-refractivity contribution in [1.29, 1.82) is 0 Å². The van der Waals surface area contributed by atoms with Crippen LogP contribution in [0.3, 0.4) is 0 Å². The van der Waals surface area contributed by atoms with Gasteiger partial charge in [-0.3, -0.25) is 4.79 Å². The Kier molecular flexibility index (Phi) is 3.39. The minimum absolute atomic E-state index is 0.213. The van der Waals surface area contributed by atoms with E-state index in [1.54, 1.807) is 12.3 Å². The number of carbonyl (C=O) groups is 1. The Morgan fingerprint density at radius 3 is 2.61 bits per heavy atom. The van der Waals surface area contributed by atoms with E-state index in [-0.39, 0.29) is 11.6 Å². The van der Waals surface area contributed by atoms with Crippen LogP contribution in [-0.2, 0) is 0 Å². The van der Waals surface area contributed by atoms with Gasteiger partial charge >= 0.3 is 0 Å². The number of hydrogen-bond donors (Lipinski definition) is 2. The molecule has 1 aromatic heterocycles. The maximum Gasteiger partial charge on any atom is 0.187 e. The first kappa shape index (κ1) is 12.3. The zero-order valence-electron chi connectivity index (χ0n) is 10.1. The molecule has 1 unspecified atom stereocenters. The van der Waals surface area contributed by atoms with Gasteiger partial charge in [-0.1, -0.05) is 30.3 Å². The Balaban J connectivity index is 2.34. The van der Waals surface area contributed by atoms with Crippen molar-refractivity contribution in [3.63, 3.8) is 0 Å². The molecule has 4 nitrogen and oxygen atoms in total. The van der Waals surface area contributed by atoms with Crippen LogP contribution in [0.1, 0.15) is 27.5 Å². The fourth-order valence-electron chi connectivity index (χ4n) is 1.76. The number of aryl methyl sites for hydroxylation is 1. The summed E-state index contributed by atoms with van der Waals surface area (Å²) in [5.41, 5.74) is 13.7. The number of nitrogens with zero attached hydrogens (tertiary/aromatic N) is 1. The third kappa shape index (κ3) is 2.38. The Hall–Kier alpha value is -2.20. The molecule has 0 amide bonds. The lowest BCUT2D eigenvalue weighted by atomic mass is 9.98. The summed E-state index contributed by atoms with van der Waals surface area (Å²) in [5.74, 6) is 0.00637. The average Bonchev–Trinajstić information content (AvgIpc) is 2.41. The van der Waals surface area contributed by atoms with Crippen LogP contribution in [0.15, 0.2) is 42.6 Å². The molecule has 4 N–H and O–H groups in total. The van der Waals surface area contributed by atoms with Crippen molar-refractivity contribution in [3.8, 4) is 0 Å². The van der Waals surface area contributed by atoms with Crippen molar-refractivity contribution < 1.29 is 4.79 Å².